The van der Waals surface area contributed by atoms with Crippen LogP contribution >= 0.6 is 11.8 Å². The molecule has 0 aromatic carbocycles. The van der Waals surface area contributed by atoms with Crippen LogP contribution in [0.4, 0.5) is 0 Å². The molecule has 0 spiro atoms. The van der Waals surface area contributed by atoms with Gasteiger partial charge in [-0.2, -0.15) is 0 Å². The van der Waals surface area contributed by atoms with Gasteiger partial charge in [0.15, 0.2) is 0 Å². The Morgan fingerprint density at radius 1 is 1.53 bits per heavy atom. The van der Waals surface area contributed by atoms with E-state index in [1.807, 2.05) is 30.4 Å². The summed E-state index contributed by atoms with van der Waals surface area (Å²) in [6.07, 6.45) is 7.83. The van der Waals surface area contributed by atoms with Gasteiger partial charge in [0.1, 0.15) is 10.3 Å². The Labute approximate surface area is 90.4 Å². The van der Waals surface area contributed by atoms with E-state index in [1.165, 1.54) is 11.8 Å². The van der Waals surface area contributed by atoms with Crippen LogP contribution in [0.1, 0.15) is 5.56 Å². The number of primary amides is 1. The van der Waals surface area contributed by atoms with E-state index in [2.05, 4.69) is 4.98 Å². The molecule has 1 atom stereocenters. The molecule has 2 aliphatic rings. The first-order valence-electron chi connectivity index (χ1n) is 4.61. The summed E-state index contributed by atoms with van der Waals surface area (Å²) in [7, 11) is 0. The van der Waals surface area contributed by atoms with Gasteiger partial charge in [0.2, 0.25) is 5.91 Å². The summed E-state index contributed by atoms with van der Waals surface area (Å²) in [6, 6.07) is 2.05. The summed E-state index contributed by atoms with van der Waals surface area (Å²) in [5.41, 5.74) is 6.37. The van der Waals surface area contributed by atoms with Gasteiger partial charge in [0.25, 0.3) is 0 Å². The number of rotatable bonds is 1. The highest BCUT2D eigenvalue weighted by molar-refractivity contribution is 8.01. The van der Waals surface area contributed by atoms with Gasteiger partial charge in [-0.3, -0.25) is 4.79 Å². The lowest BCUT2D eigenvalue weighted by atomic mass is 10.2. The Morgan fingerprint density at radius 3 is 3.20 bits per heavy atom. The number of thioether (sulfide) groups is 1. The summed E-state index contributed by atoms with van der Waals surface area (Å²) in [6.45, 7) is 0. The van der Waals surface area contributed by atoms with E-state index < -0.39 is 0 Å². The number of amides is 1. The number of hydrogen-bond acceptors (Lipinski definition) is 3. The molecule has 1 aromatic heterocycles. The number of hydrogen-bond donors (Lipinski definition) is 1. The van der Waals surface area contributed by atoms with Crippen LogP contribution in [0.15, 0.2) is 17.2 Å². The molecule has 0 fully saturated rings. The molecule has 0 radical (unpaired) electrons. The van der Waals surface area contributed by atoms with E-state index in [0.717, 1.165) is 21.2 Å². The smallest absolute Gasteiger partial charge is 0.234 e. The van der Waals surface area contributed by atoms with Crippen LogP contribution in [0.3, 0.4) is 0 Å². The molecule has 0 saturated heterocycles. The average Bonchev–Trinajstić information content (AvgIpc) is 2.77. The predicted molar refractivity (Wildman–Crippen MR) is 60.3 cm³/mol. The second kappa shape index (κ2) is 2.97. The highest BCUT2D eigenvalue weighted by Gasteiger charge is 2.21. The van der Waals surface area contributed by atoms with Crippen LogP contribution in [0.2, 0.25) is 0 Å². The van der Waals surface area contributed by atoms with Crippen LogP contribution in [0.25, 0.3) is 18.2 Å². The first-order chi connectivity index (χ1) is 7.24. The lowest BCUT2D eigenvalue weighted by Crippen LogP contribution is -2.22. The van der Waals surface area contributed by atoms with Crippen molar-refractivity contribution in [3.8, 4) is 0 Å². The molecular formula is C11H8N2OS. The third kappa shape index (κ3) is 1.29. The zero-order valence-corrected chi connectivity index (χ0v) is 8.62. The Kier molecular flexibility index (Phi) is 1.73. The van der Waals surface area contributed by atoms with Gasteiger partial charge >= 0.3 is 0 Å². The van der Waals surface area contributed by atoms with Gasteiger partial charge in [-0.05, 0) is 12.1 Å². The standard InChI is InChI=1S/C11H8N2OS/c12-10(14)9-5-7-4-6-2-1-3-8(6)13-11(7)15-9/h1-5,9H,(H2,12,14). The van der Waals surface area contributed by atoms with E-state index >= 15 is 0 Å². The van der Waals surface area contributed by atoms with Crippen LogP contribution in [-0.2, 0) is 4.79 Å². The van der Waals surface area contributed by atoms with Crippen molar-refractivity contribution in [3.05, 3.63) is 28.3 Å². The lowest BCUT2D eigenvalue weighted by molar-refractivity contribution is -0.116. The molecule has 3 rings (SSSR count). The third-order valence-electron chi connectivity index (χ3n) is 2.46. The summed E-state index contributed by atoms with van der Waals surface area (Å²) in [5, 5.41) is 2.62. The fourth-order valence-electron chi connectivity index (χ4n) is 1.72. The number of aromatic nitrogens is 1. The van der Waals surface area contributed by atoms with Crippen LogP contribution in [0, 0.1) is 0 Å². The summed E-state index contributed by atoms with van der Waals surface area (Å²) in [4.78, 5) is 15.5. The third-order valence-corrected chi connectivity index (χ3v) is 3.63. The van der Waals surface area contributed by atoms with Crippen LogP contribution < -0.4 is 16.3 Å². The van der Waals surface area contributed by atoms with E-state index in [0.29, 0.717) is 0 Å². The molecule has 0 saturated carbocycles. The Morgan fingerprint density at radius 2 is 2.40 bits per heavy atom. The Hall–Kier alpha value is -1.55. The normalized spacial score (nSPS) is 20.4. The minimum absolute atomic E-state index is 0.265. The number of carbonyl (C=O) groups is 1. The summed E-state index contributed by atoms with van der Waals surface area (Å²) < 4.78 is 0. The molecule has 0 bridgehead atoms. The topological polar surface area (TPSA) is 56.0 Å². The molecule has 15 heavy (non-hydrogen) atoms. The van der Waals surface area contributed by atoms with Gasteiger partial charge in [0, 0.05) is 10.8 Å². The summed E-state index contributed by atoms with van der Waals surface area (Å²) >= 11 is 1.42. The quantitative estimate of drug-likeness (QED) is 0.697. The van der Waals surface area contributed by atoms with Gasteiger partial charge in [0.05, 0.1) is 5.35 Å². The predicted octanol–water partition coefficient (Wildman–Crippen LogP) is -0.371. The first-order valence-corrected chi connectivity index (χ1v) is 5.49. The van der Waals surface area contributed by atoms with Gasteiger partial charge in [-0.25, -0.2) is 4.98 Å². The van der Waals surface area contributed by atoms with Crippen molar-refractivity contribution in [2.24, 2.45) is 5.73 Å². The highest BCUT2D eigenvalue weighted by atomic mass is 32.2. The summed E-state index contributed by atoms with van der Waals surface area (Å²) in [5.74, 6) is -0.308. The van der Waals surface area contributed by atoms with Crippen LogP contribution in [0.5, 0.6) is 0 Å². The largest absolute Gasteiger partial charge is 0.368 e. The number of carbonyl (C=O) groups excluding carboxylic acids is 1. The van der Waals surface area contributed by atoms with Gasteiger partial charge in [-0.15, -0.1) is 0 Å². The van der Waals surface area contributed by atoms with E-state index in [9.17, 15) is 4.79 Å². The molecule has 1 unspecified atom stereocenters. The number of allylic oxidation sites excluding steroid dienone is 1. The molecule has 1 aromatic rings. The molecule has 3 nitrogen and oxygen atoms in total. The van der Waals surface area contributed by atoms with E-state index in [4.69, 9.17) is 5.73 Å². The minimum atomic E-state index is -0.308. The van der Waals surface area contributed by atoms with Crippen molar-refractivity contribution in [1.29, 1.82) is 0 Å². The lowest BCUT2D eigenvalue weighted by Gasteiger charge is -1.99. The molecule has 1 aliphatic heterocycles. The fraction of sp³-hybridized carbons (Fsp3) is 0.0909. The maximum absolute atomic E-state index is 11.0. The van der Waals surface area contributed by atoms with E-state index in [-0.39, 0.29) is 11.2 Å². The minimum Gasteiger partial charge on any atom is -0.368 e. The molecule has 1 amide bonds. The molecule has 74 valence electrons. The van der Waals surface area contributed by atoms with Crippen molar-refractivity contribution in [3.63, 3.8) is 0 Å². The Bertz CT molecular complexity index is 604. The van der Waals surface area contributed by atoms with Crippen LogP contribution in [-0.4, -0.2) is 16.1 Å². The average molecular weight is 216 g/mol. The molecular weight excluding hydrogens is 208 g/mol. The SMILES string of the molecule is NC(=O)C1C=c2cc3c(nc2S1)=CC=C3. The molecule has 2 heterocycles. The molecule has 4 heteroatoms. The zero-order chi connectivity index (χ0) is 10.4. The van der Waals surface area contributed by atoms with Crippen molar-refractivity contribution in [2.75, 3.05) is 0 Å². The highest BCUT2D eigenvalue weighted by Crippen LogP contribution is 2.24. The number of nitrogens with two attached hydrogens (primary N) is 1. The molecule has 1 aliphatic carbocycles. The van der Waals surface area contributed by atoms with Crippen molar-refractivity contribution >= 4 is 35.9 Å². The second-order valence-electron chi connectivity index (χ2n) is 3.49. The van der Waals surface area contributed by atoms with E-state index in [1.54, 1.807) is 0 Å². The first kappa shape index (κ1) is 8.73. The van der Waals surface area contributed by atoms with Gasteiger partial charge in [-0.1, -0.05) is 30.0 Å². The number of fused-ring (bicyclic) bond motifs is 2. The molecule has 2 N–H and O–H groups in total. The maximum atomic E-state index is 11.0. The zero-order valence-electron chi connectivity index (χ0n) is 7.81. The number of nitrogens with zero attached hydrogens (tertiary/aromatic N) is 1. The Balaban J connectivity index is 2.18. The maximum Gasteiger partial charge on any atom is 0.234 e. The van der Waals surface area contributed by atoms with Crippen molar-refractivity contribution in [1.82, 2.24) is 4.98 Å². The van der Waals surface area contributed by atoms with Crippen molar-refractivity contribution in [2.45, 2.75) is 10.3 Å². The fourth-order valence-corrected chi connectivity index (χ4v) is 2.71. The second-order valence-corrected chi connectivity index (χ2v) is 4.62. The monoisotopic (exact) mass is 216 g/mol. The van der Waals surface area contributed by atoms with Crippen molar-refractivity contribution < 1.29 is 4.79 Å². The number of pyridine rings is 1. The van der Waals surface area contributed by atoms with Gasteiger partial charge < -0.3 is 5.73 Å².